The second-order valence-electron chi connectivity index (χ2n) is 4.62. The zero-order valence-electron chi connectivity index (χ0n) is 12.9. The van der Waals surface area contributed by atoms with E-state index in [-0.39, 0.29) is 41.6 Å². The molecule has 0 aliphatic rings. The number of aliphatic hydroxyl groups excluding tert-OH is 2. The van der Waals surface area contributed by atoms with Crippen LogP contribution in [-0.4, -0.2) is 34.1 Å². The number of phenols is 2. The monoisotopic (exact) mass is 310 g/mol. The lowest BCUT2D eigenvalue weighted by Crippen LogP contribution is -2.33. The summed E-state index contributed by atoms with van der Waals surface area (Å²) >= 11 is 0. The number of phenolic OH excluding ortho intramolecular Hbond substituents is 2. The zero-order valence-corrected chi connectivity index (χ0v) is 12.9. The first kappa shape index (κ1) is 17.9. The van der Waals surface area contributed by atoms with Crippen LogP contribution in [0.1, 0.15) is 25.8 Å². The molecule has 1 unspecified atom stereocenters. The Labute approximate surface area is 129 Å². The molecule has 122 valence electrons. The van der Waals surface area contributed by atoms with Crippen LogP contribution in [0, 0.1) is 0 Å². The van der Waals surface area contributed by atoms with Gasteiger partial charge in [-0.25, -0.2) is 0 Å². The molecule has 0 saturated carbocycles. The minimum atomic E-state index is -1.44. The summed E-state index contributed by atoms with van der Waals surface area (Å²) in [6.45, 7) is 3.63. The standard InChI is InChI=1S/C16H22O6/c1-4-11(17)8-13(19)10-16(21-3,22-5-2)14-7-6-12(18)9-15(14)20/h4,6-9,17-20H,5,10H2,1-3H3/b11-4+,13-8+. The molecule has 0 heterocycles. The van der Waals surface area contributed by atoms with Crippen molar-refractivity contribution in [3.8, 4) is 11.5 Å². The molecule has 0 aromatic heterocycles. The molecule has 1 aromatic rings. The molecule has 0 spiro atoms. The first-order valence-electron chi connectivity index (χ1n) is 6.85. The molecule has 1 rings (SSSR count). The van der Waals surface area contributed by atoms with Crippen LogP contribution in [-0.2, 0) is 15.3 Å². The molecule has 0 radical (unpaired) electrons. The van der Waals surface area contributed by atoms with Gasteiger partial charge in [0.2, 0.25) is 5.79 Å². The lowest BCUT2D eigenvalue weighted by molar-refractivity contribution is -0.232. The number of ether oxygens (including phenoxy) is 2. The smallest absolute Gasteiger partial charge is 0.205 e. The quantitative estimate of drug-likeness (QED) is 0.350. The van der Waals surface area contributed by atoms with Gasteiger partial charge in [0.1, 0.15) is 23.0 Å². The summed E-state index contributed by atoms with van der Waals surface area (Å²) in [5.41, 5.74) is 0.259. The van der Waals surface area contributed by atoms with Crippen molar-refractivity contribution in [2.24, 2.45) is 0 Å². The average Bonchev–Trinajstić information content (AvgIpc) is 2.46. The van der Waals surface area contributed by atoms with Crippen LogP contribution in [0.4, 0.5) is 0 Å². The van der Waals surface area contributed by atoms with Gasteiger partial charge in [0.15, 0.2) is 0 Å². The van der Waals surface area contributed by atoms with E-state index in [1.807, 2.05) is 0 Å². The van der Waals surface area contributed by atoms with Crippen molar-refractivity contribution in [3.05, 3.63) is 47.4 Å². The summed E-state index contributed by atoms with van der Waals surface area (Å²) < 4.78 is 11.0. The van der Waals surface area contributed by atoms with Crippen molar-refractivity contribution in [1.82, 2.24) is 0 Å². The topological polar surface area (TPSA) is 99.4 Å². The second-order valence-corrected chi connectivity index (χ2v) is 4.62. The third-order valence-electron chi connectivity index (χ3n) is 3.12. The molecule has 6 heteroatoms. The van der Waals surface area contributed by atoms with E-state index >= 15 is 0 Å². The highest BCUT2D eigenvalue weighted by Crippen LogP contribution is 2.39. The fraction of sp³-hybridized carbons (Fsp3) is 0.375. The van der Waals surface area contributed by atoms with Gasteiger partial charge in [0, 0.05) is 25.9 Å². The van der Waals surface area contributed by atoms with Gasteiger partial charge in [-0.2, -0.15) is 0 Å². The molecule has 4 N–H and O–H groups in total. The van der Waals surface area contributed by atoms with Crippen molar-refractivity contribution >= 4 is 0 Å². The Morgan fingerprint density at radius 1 is 1.27 bits per heavy atom. The average molecular weight is 310 g/mol. The van der Waals surface area contributed by atoms with Crippen LogP contribution in [0.5, 0.6) is 11.5 Å². The molecule has 0 bridgehead atoms. The molecule has 6 nitrogen and oxygen atoms in total. The van der Waals surface area contributed by atoms with Gasteiger partial charge in [-0.1, -0.05) is 0 Å². The van der Waals surface area contributed by atoms with Crippen molar-refractivity contribution in [2.45, 2.75) is 26.1 Å². The number of aliphatic hydroxyl groups is 2. The number of hydrogen-bond acceptors (Lipinski definition) is 6. The Morgan fingerprint density at radius 3 is 2.45 bits per heavy atom. The van der Waals surface area contributed by atoms with E-state index < -0.39 is 5.79 Å². The summed E-state index contributed by atoms with van der Waals surface area (Å²) in [7, 11) is 1.38. The minimum Gasteiger partial charge on any atom is -0.512 e. The van der Waals surface area contributed by atoms with Crippen molar-refractivity contribution in [2.75, 3.05) is 13.7 Å². The Hall–Kier alpha value is -2.18. The third kappa shape index (κ3) is 4.16. The molecule has 0 amide bonds. The van der Waals surface area contributed by atoms with Gasteiger partial charge < -0.3 is 29.9 Å². The first-order chi connectivity index (χ1) is 10.4. The van der Waals surface area contributed by atoms with Crippen LogP contribution in [0.15, 0.2) is 41.9 Å². The van der Waals surface area contributed by atoms with Crippen LogP contribution in [0.3, 0.4) is 0 Å². The Balaban J connectivity index is 3.28. The number of methoxy groups -OCH3 is 1. The predicted octanol–water partition coefficient (Wildman–Crippen LogP) is 3.23. The Bertz CT molecular complexity index is 564. The molecular weight excluding hydrogens is 288 g/mol. The lowest BCUT2D eigenvalue weighted by Gasteiger charge is -2.32. The predicted molar refractivity (Wildman–Crippen MR) is 81.8 cm³/mol. The Kier molecular flexibility index (Phi) is 6.27. The van der Waals surface area contributed by atoms with E-state index in [0.29, 0.717) is 0 Å². The highest BCUT2D eigenvalue weighted by atomic mass is 16.7. The fourth-order valence-electron chi connectivity index (χ4n) is 2.08. The number of hydrogen-bond donors (Lipinski definition) is 4. The van der Waals surface area contributed by atoms with E-state index in [2.05, 4.69) is 0 Å². The Morgan fingerprint density at radius 2 is 1.95 bits per heavy atom. The van der Waals surface area contributed by atoms with E-state index in [4.69, 9.17) is 9.47 Å². The summed E-state index contributed by atoms with van der Waals surface area (Å²) in [4.78, 5) is 0. The summed E-state index contributed by atoms with van der Waals surface area (Å²) in [6.07, 6.45) is 2.46. The van der Waals surface area contributed by atoms with Gasteiger partial charge >= 0.3 is 0 Å². The van der Waals surface area contributed by atoms with E-state index in [9.17, 15) is 20.4 Å². The number of aromatic hydroxyl groups is 2. The highest BCUT2D eigenvalue weighted by molar-refractivity contribution is 5.42. The van der Waals surface area contributed by atoms with Crippen LogP contribution in [0.2, 0.25) is 0 Å². The molecule has 0 fully saturated rings. The molecule has 22 heavy (non-hydrogen) atoms. The first-order valence-corrected chi connectivity index (χ1v) is 6.85. The second kappa shape index (κ2) is 7.72. The lowest BCUT2D eigenvalue weighted by atomic mass is 9.99. The summed E-state index contributed by atoms with van der Waals surface area (Å²) in [5.74, 6) is -2.05. The van der Waals surface area contributed by atoms with Gasteiger partial charge in [-0.15, -0.1) is 0 Å². The highest BCUT2D eigenvalue weighted by Gasteiger charge is 2.37. The fourth-order valence-corrected chi connectivity index (χ4v) is 2.08. The number of rotatable bonds is 7. The van der Waals surface area contributed by atoms with Gasteiger partial charge in [0.25, 0.3) is 0 Å². The maximum Gasteiger partial charge on any atom is 0.205 e. The summed E-state index contributed by atoms with van der Waals surface area (Å²) in [5, 5.41) is 38.9. The van der Waals surface area contributed by atoms with Crippen LogP contribution in [0.25, 0.3) is 0 Å². The molecule has 0 saturated heterocycles. The third-order valence-corrected chi connectivity index (χ3v) is 3.12. The summed E-state index contributed by atoms with van der Waals surface area (Å²) in [6, 6.07) is 3.99. The van der Waals surface area contributed by atoms with Crippen LogP contribution >= 0.6 is 0 Å². The molecule has 0 aliphatic heterocycles. The SMILES string of the molecule is C/C=C(O)\C=C(\O)CC(OC)(OCC)c1ccc(O)cc1O. The maximum absolute atomic E-state index is 10.0. The molecule has 0 aliphatic carbocycles. The van der Waals surface area contributed by atoms with Crippen molar-refractivity contribution in [1.29, 1.82) is 0 Å². The molecular formula is C16H22O6. The molecule has 1 atom stereocenters. The van der Waals surface area contributed by atoms with Gasteiger partial charge in [-0.05, 0) is 32.1 Å². The van der Waals surface area contributed by atoms with Crippen LogP contribution < -0.4 is 0 Å². The molecule has 1 aromatic carbocycles. The number of benzene rings is 1. The van der Waals surface area contributed by atoms with Gasteiger partial charge in [-0.3, -0.25) is 0 Å². The normalized spacial score (nSPS) is 15.6. The van der Waals surface area contributed by atoms with E-state index in [0.717, 1.165) is 6.07 Å². The van der Waals surface area contributed by atoms with Crippen molar-refractivity contribution in [3.63, 3.8) is 0 Å². The van der Waals surface area contributed by atoms with Gasteiger partial charge in [0.05, 0.1) is 12.0 Å². The van der Waals surface area contributed by atoms with Crippen molar-refractivity contribution < 1.29 is 29.9 Å². The van der Waals surface area contributed by atoms with E-state index in [1.165, 1.54) is 31.4 Å². The largest absolute Gasteiger partial charge is 0.512 e. The van der Waals surface area contributed by atoms with E-state index in [1.54, 1.807) is 13.8 Å². The number of allylic oxidation sites excluding steroid dienone is 2. The maximum atomic E-state index is 10.0. The zero-order chi connectivity index (χ0) is 16.8. The minimum absolute atomic E-state index is 0.103.